The van der Waals surface area contributed by atoms with Gasteiger partial charge in [0, 0.05) is 13.0 Å². The van der Waals surface area contributed by atoms with Crippen molar-refractivity contribution in [2.75, 3.05) is 19.0 Å². The third-order valence-electron chi connectivity index (χ3n) is 2.93. The van der Waals surface area contributed by atoms with Crippen LogP contribution in [0.1, 0.15) is 33.6 Å². The van der Waals surface area contributed by atoms with E-state index in [0.717, 1.165) is 6.42 Å². The van der Waals surface area contributed by atoms with E-state index >= 15 is 0 Å². The van der Waals surface area contributed by atoms with Crippen molar-refractivity contribution in [2.45, 2.75) is 45.8 Å². The molecule has 2 unspecified atom stereocenters. The lowest BCUT2D eigenvalue weighted by Crippen LogP contribution is -2.51. The third kappa shape index (κ3) is 3.95. The summed E-state index contributed by atoms with van der Waals surface area (Å²) in [6.07, 6.45) is 1.59. The monoisotopic (exact) mass is 247 g/mol. The smallest absolute Gasteiger partial charge is 0.222 e. The highest BCUT2D eigenvalue weighted by Crippen LogP contribution is 2.15. The van der Waals surface area contributed by atoms with Crippen LogP contribution >= 0.6 is 11.6 Å². The fraction of sp³-hybridized carbons (Fsp3) is 0.917. The highest BCUT2D eigenvalue weighted by Gasteiger charge is 2.28. The Bertz CT molecular complexity index is 233. The maximum Gasteiger partial charge on any atom is 0.222 e. The van der Waals surface area contributed by atoms with E-state index in [1.54, 1.807) is 0 Å². The number of ether oxygens (including phenoxy) is 1. The molecule has 1 heterocycles. The Morgan fingerprint density at radius 2 is 2.25 bits per heavy atom. The van der Waals surface area contributed by atoms with Gasteiger partial charge >= 0.3 is 0 Å². The Morgan fingerprint density at radius 1 is 1.56 bits per heavy atom. The van der Waals surface area contributed by atoms with E-state index in [9.17, 15) is 4.79 Å². The first-order valence-electron chi connectivity index (χ1n) is 6.01. The molecule has 1 aliphatic heterocycles. The molecule has 1 fully saturated rings. The van der Waals surface area contributed by atoms with Crippen LogP contribution in [0, 0.1) is 5.92 Å². The number of carbonyl (C=O) groups excluding carboxylic acids is 1. The number of nitrogens with zero attached hydrogens (tertiary/aromatic N) is 1. The summed E-state index contributed by atoms with van der Waals surface area (Å²) < 4.78 is 5.52. The van der Waals surface area contributed by atoms with Crippen LogP contribution in [-0.4, -0.2) is 42.0 Å². The second-order valence-corrected chi connectivity index (χ2v) is 5.25. The van der Waals surface area contributed by atoms with E-state index in [1.807, 2.05) is 11.8 Å². The first-order valence-corrected chi connectivity index (χ1v) is 6.55. The van der Waals surface area contributed by atoms with E-state index in [0.29, 0.717) is 31.4 Å². The van der Waals surface area contributed by atoms with Gasteiger partial charge in [-0.25, -0.2) is 0 Å². The minimum absolute atomic E-state index is 0.000802. The lowest BCUT2D eigenvalue weighted by Gasteiger charge is -2.37. The highest BCUT2D eigenvalue weighted by molar-refractivity contribution is 6.18. The van der Waals surface area contributed by atoms with Gasteiger partial charge in [0.15, 0.2) is 0 Å². The molecule has 16 heavy (non-hydrogen) atoms. The Kier molecular flexibility index (Phi) is 5.56. The first kappa shape index (κ1) is 13.8. The van der Waals surface area contributed by atoms with Crippen LogP contribution in [0.15, 0.2) is 0 Å². The molecule has 0 aromatic heterocycles. The van der Waals surface area contributed by atoms with Crippen molar-refractivity contribution in [3.05, 3.63) is 0 Å². The summed E-state index contributed by atoms with van der Waals surface area (Å²) in [7, 11) is 0. The zero-order chi connectivity index (χ0) is 12.1. The van der Waals surface area contributed by atoms with Gasteiger partial charge in [-0.1, -0.05) is 13.8 Å². The van der Waals surface area contributed by atoms with Gasteiger partial charge in [0.2, 0.25) is 5.91 Å². The Labute approximate surface area is 103 Å². The Hall–Kier alpha value is -0.280. The predicted octanol–water partition coefficient (Wildman–Crippen LogP) is 2.28. The molecular weight excluding hydrogens is 226 g/mol. The molecule has 1 saturated heterocycles. The van der Waals surface area contributed by atoms with E-state index in [-0.39, 0.29) is 18.1 Å². The zero-order valence-electron chi connectivity index (χ0n) is 10.4. The minimum Gasteiger partial charge on any atom is -0.373 e. The van der Waals surface area contributed by atoms with E-state index in [1.165, 1.54) is 0 Å². The van der Waals surface area contributed by atoms with Gasteiger partial charge < -0.3 is 9.64 Å². The molecule has 0 bridgehead atoms. The standard InChI is InChI=1S/C12H22ClNO2/c1-9(2)4-5-12(15)14-7-11(6-13)16-8-10(14)3/h9-11H,4-8H2,1-3H3. The average molecular weight is 248 g/mol. The molecule has 1 amide bonds. The van der Waals surface area contributed by atoms with Gasteiger partial charge in [0.05, 0.1) is 24.6 Å². The Balaban J connectivity index is 2.45. The highest BCUT2D eigenvalue weighted by atomic mass is 35.5. The van der Waals surface area contributed by atoms with Crippen molar-refractivity contribution in [3.63, 3.8) is 0 Å². The van der Waals surface area contributed by atoms with E-state index in [2.05, 4.69) is 13.8 Å². The van der Waals surface area contributed by atoms with Crippen molar-refractivity contribution in [3.8, 4) is 0 Å². The molecule has 2 atom stereocenters. The number of hydrogen-bond acceptors (Lipinski definition) is 2. The number of alkyl halides is 1. The lowest BCUT2D eigenvalue weighted by molar-refractivity contribution is -0.143. The van der Waals surface area contributed by atoms with Gasteiger partial charge in [0.1, 0.15) is 0 Å². The van der Waals surface area contributed by atoms with Crippen LogP contribution in [0.4, 0.5) is 0 Å². The number of morpholine rings is 1. The summed E-state index contributed by atoms with van der Waals surface area (Å²) in [6, 6.07) is 0.180. The van der Waals surface area contributed by atoms with Gasteiger partial charge in [0.25, 0.3) is 0 Å². The Morgan fingerprint density at radius 3 is 2.81 bits per heavy atom. The molecule has 0 aliphatic carbocycles. The predicted molar refractivity (Wildman–Crippen MR) is 65.7 cm³/mol. The molecule has 0 aromatic carbocycles. The molecule has 3 nitrogen and oxygen atoms in total. The van der Waals surface area contributed by atoms with Crippen molar-refractivity contribution in [2.24, 2.45) is 5.92 Å². The van der Waals surface area contributed by atoms with Gasteiger partial charge in [-0.05, 0) is 19.3 Å². The van der Waals surface area contributed by atoms with Crippen LogP contribution in [0.3, 0.4) is 0 Å². The zero-order valence-corrected chi connectivity index (χ0v) is 11.2. The van der Waals surface area contributed by atoms with Crippen LogP contribution in [0.25, 0.3) is 0 Å². The first-order chi connectivity index (χ1) is 7.54. The summed E-state index contributed by atoms with van der Waals surface area (Å²) in [5.41, 5.74) is 0. The summed E-state index contributed by atoms with van der Waals surface area (Å²) in [5, 5.41) is 0. The van der Waals surface area contributed by atoms with Gasteiger partial charge in [-0.2, -0.15) is 0 Å². The van der Waals surface area contributed by atoms with Crippen LogP contribution in [0.5, 0.6) is 0 Å². The summed E-state index contributed by atoms with van der Waals surface area (Å²) in [6.45, 7) is 7.54. The second kappa shape index (κ2) is 6.45. The SMILES string of the molecule is CC(C)CCC(=O)N1CC(CCl)OCC1C. The minimum atomic E-state index is 0.000802. The molecule has 0 spiro atoms. The molecular formula is C12H22ClNO2. The normalized spacial score (nSPS) is 26.2. The summed E-state index contributed by atoms with van der Waals surface area (Å²) in [5.74, 6) is 1.27. The van der Waals surface area contributed by atoms with Crippen molar-refractivity contribution in [1.82, 2.24) is 4.90 Å². The second-order valence-electron chi connectivity index (χ2n) is 4.94. The van der Waals surface area contributed by atoms with Crippen molar-refractivity contribution >= 4 is 17.5 Å². The molecule has 94 valence electrons. The maximum atomic E-state index is 12.0. The number of rotatable bonds is 4. The largest absolute Gasteiger partial charge is 0.373 e. The molecule has 4 heteroatoms. The fourth-order valence-corrected chi connectivity index (χ4v) is 2.00. The number of hydrogen-bond donors (Lipinski definition) is 0. The van der Waals surface area contributed by atoms with Crippen LogP contribution in [-0.2, 0) is 9.53 Å². The van der Waals surface area contributed by atoms with E-state index < -0.39 is 0 Å². The molecule has 0 aromatic rings. The van der Waals surface area contributed by atoms with Crippen LogP contribution in [0.2, 0.25) is 0 Å². The molecule has 0 N–H and O–H groups in total. The number of carbonyl (C=O) groups is 1. The van der Waals surface area contributed by atoms with E-state index in [4.69, 9.17) is 16.3 Å². The molecule has 1 aliphatic rings. The van der Waals surface area contributed by atoms with Crippen molar-refractivity contribution in [1.29, 1.82) is 0 Å². The topological polar surface area (TPSA) is 29.5 Å². The quantitative estimate of drug-likeness (QED) is 0.714. The number of halogens is 1. The molecule has 1 rings (SSSR count). The molecule has 0 saturated carbocycles. The summed E-state index contributed by atoms with van der Waals surface area (Å²) in [4.78, 5) is 13.9. The third-order valence-corrected chi connectivity index (χ3v) is 3.28. The summed E-state index contributed by atoms with van der Waals surface area (Å²) >= 11 is 5.76. The molecule has 0 radical (unpaired) electrons. The van der Waals surface area contributed by atoms with Crippen molar-refractivity contribution < 1.29 is 9.53 Å². The van der Waals surface area contributed by atoms with Gasteiger partial charge in [-0.15, -0.1) is 11.6 Å². The lowest BCUT2D eigenvalue weighted by atomic mass is 10.1. The van der Waals surface area contributed by atoms with Crippen LogP contribution < -0.4 is 0 Å². The van der Waals surface area contributed by atoms with Gasteiger partial charge in [-0.3, -0.25) is 4.79 Å². The maximum absolute atomic E-state index is 12.0. The fourth-order valence-electron chi connectivity index (χ4n) is 1.81. The average Bonchev–Trinajstić information content (AvgIpc) is 2.26. The number of amides is 1.